The molecule has 0 saturated carbocycles. The lowest BCUT2D eigenvalue weighted by Crippen LogP contribution is -2.24. The number of aromatic amines is 1. The molecule has 0 aliphatic carbocycles. The van der Waals surface area contributed by atoms with E-state index < -0.39 is 0 Å². The van der Waals surface area contributed by atoms with E-state index >= 15 is 0 Å². The second-order valence-corrected chi connectivity index (χ2v) is 5.17. The van der Waals surface area contributed by atoms with E-state index in [9.17, 15) is 0 Å². The fourth-order valence-corrected chi connectivity index (χ4v) is 2.69. The monoisotopic (exact) mass is 220 g/mol. The normalized spacial score (nSPS) is 15.1. The summed E-state index contributed by atoms with van der Waals surface area (Å²) in [5.41, 5.74) is 1.42. The number of imidazole rings is 1. The van der Waals surface area contributed by atoms with Gasteiger partial charge in [-0.05, 0) is 24.3 Å². The molecule has 0 fully saturated rings. The van der Waals surface area contributed by atoms with Crippen LogP contribution in [0.5, 0.6) is 0 Å². The van der Waals surface area contributed by atoms with Crippen molar-refractivity contribution in [2.75, 3.05) is 0 Å². The molecule has 0 bridgehead atoms. The van der Waals surface area contributed by atoms with Gasteiger partial charge in [-0.1, -0.05) is 19.9 Å². The van der Waals surface area contributed by atoms with Gasteiger partial charge in [-0.3, -0.25) is 0 Å². The molecule has 15 heavy (non-hydrogen) atoms. The van der Waals surface area contributed by atoms with Gasteiger partial charge in [0.15, 0.2) is 0 Å². The van der Waals surface area contributed by atoms with E-state index in [1.54, 1.807) is 6.33 Å². The van der Waals surface area contributed by atoms with E-state index in [-0.39, 0.29) is 5.41 Å². The third-order valence-corrected chi connectivity index (χ3v) is 3.95. The first-order valence-corrected chi connectivity index (χ1v) is 6.14. The molecular weight excluding hydrogens is 204 g/mol. The summed E-state index contributed by atoms with van der Waals surface area (Å²) in [6.45, 7) is 4.52. The van der Waals surface area contributed by atoms with E-state index in [1.807, 2.05) is 17.5 Å². The number of thiophene rings is 1. The van der Waals surface area contributed by atoms with Crippen LogP contribution in [0.2, 0.25) is 0 Å². The van der Waals surface area contributed by atoms with Crippen molar-refractivity contribution < 1.29 is 0 Å². The van der Waals surface area contributed by atoms with Gasteiger partial charge in [0.2, 0.25) is 0 Å². The Hall–Kier alpha value is -1.09. The molecule has 3 heteroatoms. The summed E-state index contributed by atoms with van der Waals surface area (Å²) in [5.74, 6) is 0. The molecule has 0 aromatic carbocycles. The summed E-state index contributed by atoms with van der Waals surface area (Å²) >= 11 is 1.83. The van der Waals surface area contributed by atoms with Crippen molar-refractivity contribution in [3.05, 3.63) is 40.6 Å². The van der Waals surface area contributed by atoms with Crippen molar-refractivity contribution in [2.45, 2.75) is 32.1 Å². The molecule has 80 valence electrons. The van der Waals surface area contributed by atoms with Gasteiger partial charge in [-0.2, -0.15) is 0 Å². The van der Waals surface area contributed by atoms with Gasteiger partial charge in [0.25, 0.3) is 0 Å². The summed E-state index contributed by atoms with van der Waals surface area (Å²) in [6.07, 6.45) is 5.91. The number of hydrogen-bond acceptors (Lipinski definition) is 2. The maximum Gasteiger partial charge on any atom is 0.0921 e. The number of nitrogens with one attached hydrogen (secondary N) is 1. The molecule has 0 aliphatic heterocycles. The van der Waals surface area contributed by atoms with E-state index in [2.05, 4.69) is 41.3 Å². The Balaban J connectivity index is 2.22. The van der Waals surface area contributed by atoms with E-state index in [0.29, 0.717) is 0 Å². The van der Waals surface area contributed by atoms with Gasteiger partial charge in [0.05, 0.1) is 6.33 Å². The molecule has 0 spiro atoms. The van der Waals surface area contributed by atoms with E-state index in [1.165, 1.54) is 10.6 Å². The fourth-order valence-electron chi connectivity index (χ4n) is 1.79. The number of rotatable bonds is 4. The predicted molar refractivity (Wildman–Crippen MR) is 64.3 cm³/mol. The zero-order valence-corrected chi connectivity index (χ0v) is 9.97. The number of nitrogens with zero attached hydrogens (tertiary/aromatic N) is 1. The van der Waals surface area contributed by atoms with Crippen LogP contribution in [0.3, 0.4) is 0 Å². The molecule has 1 atom stereocenters. The van der Waals surface area contributed by atoms with Crippen molar-refractivity contribution in [3.8, 4) is 0 Å². The van der Waals surface area contributed by atoms with Crippen molar-refractivity contribution in [1.82, 2.24) is 9.97 Å². The maximum atomic E-state index is 4.11. The molecule has 2 nitrogen and oxygen atoms in total. The lowest BCUT2D eigenvalue weighted by Gasteiger charge is -2.26. The second kappa shape index (κ2) is 4.19. The molecule has 0 aliphatic rings. The van der Waals surface area contributed by atoms with Gasteiger partial charge in [-0.15, -0.1) is 11.3 Å². The smallest absolute Gasteiger partial charge is 0.0921 e. The standard InChI is InChI=1S/C12H16N2S/c1-3-12(2,11-8-13-9-14-11)7-10-5-4-6-15-10/h4-6,8-9H,3,7H2,1-2H3,(H,13,14). The van der Waals surface area contributed by atoms with Gasteiger partial charge in [0, 0.05) is 22.2 Å². The number of aromatic nitrogens is 2. The highest BCUT2D eigenvalue weighted by Gasteiger charge is 2.26. The van der Waals surface area contributed by atoms with Crippen molar-refractivity contribution in [2.24, 2.45) is 0 Å². The highest BCUT2D eigenvalue weighted by Crippen LogP contribution is 2.31. The molecule has 2 rings (SSSR count). The highest BCUT2D eigenvalue weighted by molar-refractivity contribution is 7.09. The maximum absolute atomic E-state index is 4.11. The minimum Gasteiger partial charge on any atom is -0.348 e. The summed E-state index contributed by atoms with van der Waals surface area (Å²) in [5, 5.41) is 2.14. The Morgan fingerprint density at radius 3 is 2.93 bits per heavy atom. The minimum absolute atomic E-state index is 0.182. The van der Waals surface area contributed by atoms with Gasteiger partial charge in [0.1, 0.15) is 0 Å². The Labute approximate surface area is 94.4 Å². The van der Waals surface area contributed by atoms with Crippen LogP contribution in [0.4, 0.5) is 0 Å². The topological polar surface area (TPSA) is 28.7 Å². The van der Waals surface area contributed by atoms with Crippen LogP contribution in [0.1, 0.15) is 30.8 Å². The molecular formula is C12H16N2S. The first-order chi connectivity index (χ1) is 7.24. The fraction of sp³-hybridized carbons (Fsp3) is 0.417. The van der Waals surface area contributed by atoms with Crippen molar-refractivity contribution >= 4 is 11.3 Å². The summed E-state index contributed by atoms with van der Waals surface area (Å²) in [6, 6.07) is 4.32. The summed E-state index contributed by atoms with van der Waals surface area (Å²) in [4.78, 5) is 8.79. The zero-order valence-electron chi connectivity index (χ0n) is 9.16. The molecule has 0 saturated heterocycles. The summed E-state index contributed by atoms with van der Waals surface area (Å²) in [7, 11) is 0. The molecule has 1 N–H and O–H groups in total. The van der Waals surface area contributed by atoms with Gasteiger partial charge < -0.3 is 4.98 Å². The largest absolute Gasteiger partial charge is 0.348 e. The van der Waals surface area contributed by atoms with E-state index in [4.69, 9.17) is 0 Å². The minimum atomic E-state index is 0.182. The third-order valence-electron chi connectivity index (χ3n) is 3.07. The average Bonchev–Trinajstić information content (AvgIpc) is 2.89. The third kappa shape index (κ3) is 2.12. The van der Waals surface area contributed by atoms with Crippen molar-refractivity contribution in [1.29, 1.82) is 0 Å². The molecule has 2 heterocycles. The van der Waals surface area contributed by atoms with Gasteiger partial charge >= 0.3 is 0 Å². The Morgan fingerprint density at radius 2 is 2.40 bits per heavy atom. The molecule has 0 amide bonds. The van der Waals surface area contributed by atoms with Crippen LogP contribution in [0.25, 0.3) is 0 Å². The molecule has 1 unspecified atom stereocenters. The first kappa shape index (κ1) is 10.4. The number of H-pyrrole nitrogens is 1. The molecule has 2 aromatic rings. The van der Waals surface area contributed by atoms with Crippen LogP contribution < -0.4 is 0 Å². The van der Waals surface area contributed by atoms with Gasteiger partial charge in [-0.25, -0.2) is 4.98 Å². The SMILES string of the molecule is CCC(C)(Cc1cccs1)c1cnc[nH]1. The molecule has 0 radical (unpaired) electrons. The van der Waals surface area contributed by atoms with Crippen LogP contribution in [0, 0.1) is 0 Å². The van der Waals surface area contributed by atoms with Crippen molar-refractivity contribution in [3.63, 3.8) is 0 Å². The lowest BCUT2D eigenvalue weighted by molar-refractivity contribution is 0.443. The highest BCUT2D eigenvalue weighted by atomic mass is 32.1. The quantitative estimate of drug-likeness (QED) is 0.840. The van der Waals surface area contributed by atoms with Crippen LogP contribution in [0.15, 0.2) is 30.0 Å². The van der Waals surface area contributed by atoms with Crippen LogP contribution in [-0.2, 0) is 11.8 Å². The van der Waals surface area contributed by atoms with E-state index in [0.717, 1.165) is 12.8 Å². The second-order valence-electron chi connectivity index (χ2n) is 4.14. The summed E-state index contributed by atoms with van der Waals surface area (Å²) < 4.78 is 0. The van der Waals surface area contributed by atoms with Crippen LogP contribution in [-0.4, -0.2) is 9.97 Å². The number of hydrogen-bond donors (Lipinski definition) is 1. The zero-order chi connectivity index (χ0) is 10.7. The van der Waals surface area contributed by atoms with Crippen LogP contribution >= 0.6 is 11.3 Å². The predicted octanol–water partition coefficient (Wildman–Crippen LogP) is 3.38. The first-order valence-electron chi connectivity index (χ1n) is 5.26. The Bertz CT molecular complexity index is 391. The Morgan fingerprint density at radius 1 is 1.53 bits per heavy atom. The Kier molecular flexibility index (Phi) is 2.91. The molecule has 2 aromatic heterocycles. The lowest BCUT2D eigenvalue weighted by atomic mass is 9.80. The average molecular weight is 220 g/mol.